The van der Waals surface area contributed by atoms with E-state index in [1.807, 2.05) is 6.07 Å². The van der Waals surface area contributed by atoms with Crippen molar-refractivity contribution in [3.63, 3.8) is 0 Å². The normalized spacial score (nSPS) is 17.8. The number of likely N-dealkylation sites (N-methyl/N-ethyl adjacent to an activating group) is 1. The van der Waals surface area contributed by atoms with E-state index in [4.69, 9.17) is 10.00 Å². The summed E-state index contributed by atoms with van der Waals surface area (Å²) in [4.78, 5) is 1.68. The SMILES string of the molecule is CN(CC1(O)CCOCC1)c1ccc(C#N)cc1F. The van der Waals surface area contributed by atoms with E-state index in [0.29, 0.717) is 43.9 Å². The average molecular weight is 264 g/mol. The molecule has 1 N–H and O–H groups in total. The molecule has 0 spiro atoms. The van der Waals surface area contributed by atoms with Crippen molar-refractivity contribution in [2.24, 2.45) is 0 Å². The summed E-state index contributed by atoms with van der Waals surface area (Å²) in [6.45, 7) is 1.40. The summed E-state index contributed by atoms with van der Waals surface area (Å²) in [6, 6.07) is 6.24. The smallest absolute Gasteiger partial charge is 0.147 e. The van der Waals surface area contributed by atoms with Crippen molar-refractivity contribution in [2.75, 3.05) is 31.7 Å². The van der Waals surface area contributed by atoms with Crippen LogP contribution in [-0.4, -0.2) is 37.5 Å². The number of nitrogens with zero attached hydrogens (tertiary/aromatic N) is 2. The molecule has 0 amide bonds. The second kappa shape index (κ2) is 5.55. The molecule has 2 rings (SSSR count). The molecule has 0 saturated carbocycles. The fourth-order valence-corrected chi connectivity index (χ4v) is 2.32. The highest BCUT2D eigenvalue weighted by molar-refractivity contribution is 5.50. The van der Waals surface area contributed by atoms with Crippen molar-refractivity contribution in [1.29, 1.82) is 5.26 Å². The fourth-order valence-electron chi connectivity index (χ4n) is 2.32. The number of benzene rings is 1. The van der Waals surface area contributed by atoms with Gasteiger partial charge in [0.2, 0.25) is 0 Å². The summed E-state index contributed by atoms with van der Waals surface area (Å²) in [5.74, 6) is -0.447. The molecule has 5 heteroatoms. The van der Waals surface area contributed by atoms with Crippen LogP contribution in [-0.2, 0) is 4.74 Å². The molecule has 0 bridgehead atoms. The number of ether oxygens (including phenoxy) is 1. The first kappa shape index (κ1) is 13.8. The van der Waals surface area contributed by atoms with E-state index in [1.165, 1.54) is 6.07 Å². The largest absolute Gasteiger partial charge is 0.388 e. The van der Waals surface area contributed by atoms with E-state index in [1.54, 1.807) is 24.1 Å². The molecule has 1 saturated heterocycles. The molecule has 0 aromatic heterocycles. The van der Waals surface area contributed by atoms with Crippen LogP contribution >= 0.6 is 0 Å². The first-order chi connectivity index (χ1) is 9.04. The molecular formula is C14H17FN2O2. The van der Waals surface area contributed by atoms with Crippen LogP contribution in [0.2, 0.25) is 0 Å². The van der Waals surface area contributed by atoms with Gasteiger partial charge < -0.3 is 14.7 Å². The Bertz CT molecular complexity index is 493. The van der Waals surface area contributed by atoms with Crippen LogP contribution in [0, 0.1) is 17.1 Å². The molecular weight excluding hydrogens is 247 g/mol. The standard InChI is InChI=1S/C14H17FN2O2/c1-17(10-14(18)4-6-19-7-5-14)13-3-2-11(9-16)8-12(13)15/h2-3,8,18H,4-7,10H2,1H3. The molecule has 1 fully saturated rings. The van der Waals surface area contributed by atoms with Crippen molar-refractivity contribution in [1.82, 2.24) is 0 Å². The van der Waals surface area contributed by atoms with Crippen LogP contribution in [0.4, 0.5) is 10.1 Å². The highest BCUT2D eigenvalue weighted by Crippen LogP contribution is 2.25. The van der Waals surface area contributed by atoms with Gasteiger partial charge in [0.1, 0.15) is 5.82 Å². The lowest BCUT2D eigenvalue weighted by molar-refractivity contribution is -0.0573. The maximum absolute atomic E-state index is 13.9. The zero-order valence-electron chi connectivity index (χ0n) is 10.9. The fraction of sp³-hybridized carbons (Fsp3) is 0.500. The van der Waals surface area contributed by atoms with E-state index >= 15 is 0 Å². The van der Waals surface area contributed by atoms with Gasteiger partial charge in [0.25, 0.3) is 0 Å². The molecule has 1 heterocycles. The molecule has 1 aromatic carbocycles. The van der Waals surface area contributed by atoms with E-state index in [0.717, 1.165) is 0 Å². The topological polar surface area (TPSA) is 56.5 Å². The zero-order valence-corrected chi connectivity index (χ0v) is 10.9. The lowest BCUT2D eigenvalue weighted by Gasteiger charge is -2.36. The summed E-state index contributed by atoms with van der Waals surface area (Å²) in [7, 11) is 1.73. The Balaban J connectivity index is 2.11. The van der Waals surface area contributed by atoms with Gasteiger partial charge in [-0.3, -0.25) is 0 Å². The van der Waals surface area contributed by atoms with Gasteiger partial charge in [0.15, 0.2) is 0 Å². The lowest BCUT2D eigenvalue weighted by atomic mass is 9.93. The lowest BCUT2D eigenvalue weighted by Crippen LogP contribution is -2.46. The van der Waals surface area contributed by atoms with Gasteiger partial charge >= 0.3 is 0 Å². The number of hydrogen-bond acceptors (Lipinski definition) is 4. The van der Waals surface area contributed by atoms with E-state index in [-0.39, 0.29) is 0 Å². The third-order valence-electron chi connectivity index (χ3n) is 3.44. The summed E-state index contributed by atoms with van der Waals surface area (Å²) >= 11 is 0. The van der Waals surface area contributed by atoms with Crippen molar-refractivity contribution in [3.8, 4) is 6.07 Å². The molecule has 0 aliphatic carbocycles. The average Bonchev–Trinajstić information content (AvgIpc) is 2.38. The minimum Gasteiger partial charge on any atom is -0.388 e. The quantitative estimate of drug-likeness (QED) is 0.902. The van der Waals surface area contributed by atoms with Crippen LogP contribution in [0.1, 0.15) is 18.4 Å². The van der Waals surface area contributed by atoms with Gasteiger partial charge in [-0.2, -0.15) is 5.26 Å². The maximum Gasteiger partial charge on any atom is 0.147 e. The summed E-state index contributed by atoms with van der Waals surface area (Å²) in [6.07, 6.45) is 1.10. The summed E-state index contributed by atoms with van der Waals surface area (Å²) in [5.41, 5.74) is -0.161. The predicted molar refractivity (Wildman–Crippen MR) is 69.4 cm³/mol. The van der Waals surface area contributed by atoms with Crippen molar-refractivity contribution in [3.05, 3.63) is 29.6 Å². The van der Waals surface area contributed by atoms with Gasteiger partial charge in [-0.15, -0.1) is 0 Å². The Labute approximate surface area is 112 Å². The number of nitriles is 1. The van der Waals surface area contributed by atoms with Gasteiger partial charge in [0.05, 0.1) is 22.9 Å². The molecule has 19 heavy (non-hydrogen) atoms. The number of halogens is 1. The maximum atomic E-state index is 13.9. The monoisotopic (exact) mass is 264 g/mol. The molecule has 0 radical (unpaired) electrons. The van der Waals surface area contributed by atoms with Crippen LogP contribution in [0.15, 0.2) is 18.2 Å². The second-order valence-corrected chi connectivity index (χ2v) is 4.97. The Hall–Kier alpha value is -1.64. The number of anilines is 1. The Morgan fingerprint density at radius 2 is 2.16 bits per heavy atom. The Morgan fingerprint density at radius 3 is 2.74 bits per heavy atom. The third kappa shape index (κ3) is 3.22. The number of rotatable bonds is 3. The highest BCUT2D eigenvalue weighted by atomic mass is 19.1. The Kier molecular flexibility index (Phi) is 4.03. The minimum absolute atomic E-state index is 0.291. The van der Waals surface area contributed by atoms with Crippen molar-refractivity contribution < 1.29 is 14.2 Å². The minimum atomic E-state index is -0.840. The zero-order chi connectivity index (χ0) is 13.9. The molecule has 0 unspecified atom stereocenters. The van der Waals surface area contributed by atoms with Crippen molar-refractivity contribution in [2.45, 2.75) is 18.4 Å². The Morgan fingerprint density at radius 1 is 1.47 bits per heavy atom. The molecule has 102 valence electrons. The third-order valence-corrected chi connectivity index (χ3v) is 3.44. The highest BCUT2D eigenvalue weighted by Gasteiger charge is 2.31. The van der Waals surface area contributed by atoms with Crippen LogP contribution < -0.4 is 4.90 Å². The van der Waals surface area contributed by atoms with Crippen LogP contribution in [0.5, 0.6) is 0 Å². The first-order valence-electron chi connectivity index (χ1n) is 6.25. The van der Waals surface area contributed by atoms with E-state index < -0.39 is 11.4 Å². The summed E-state index contributed by atoms with van der Waals surface area (Å²) in [5, 5.41) is 19.1. The van der Waals surface area contributed by atoms with Gasteiger partial charge in [-0.25, -0.2) is 4.39 Å². The van der Waals surface area contributed by atoms with Gasteiger partial charge in [-0.1, -0.05) is 0 Å². The second-order valence-electron chi connectivity index (χ2n) is 4.97. The predicted octanol–water partition coefficient (Wildman–Crippen LogP) is 1.68. The van der Waals surface area contributed by atoms with Crippen LogP contribution in [0.3, 0.4) is 0 Å². The molecule has 1 aliphatic heterocycles. The van der Waals surface area contributed by atoms with Gasteiger partial charge in [-0.05, 0) is 18.2 Å². The molecule has 1 aliphatic rings. The van der Waals surface area contributed by atoms with E-state index in [9.17, 15) is 9.50 Å². The first-order valence-corrected chi connectivity index (χ1v) is 6.25. The molecule has 4 nitrogen and oxygen atoms in total. The van der Waals surface area contributed by atoms with E-state index in [2.05, 4.69) is 0 Å². The summed E-state index contributed by atoms with van der Waals surface area (Å²) < 4.78 is 19.1. The number of aliphatic hydroxyl groups is 1. The van der Waals surface area contributed by atoms with Crippen molar-refractivity contribution >= 4 is 5.69 Å². The number of hydrogen-bond donors (Lipinski definition) is 1. The van der Waals surface area contributed by atoms with Gasteiger partial charge in [0, 0.05) is 39.6 Å². The van der Waals surface area contributed by atoms with Crippen LogP contribution in [0.25, 0.3) is 0 Å². The molecule has 1 aromatic rings. The molecule has 0 atom stereocenters.